The standard InChI is InChI=1S/C19H19F4N7O/c1-29(18(31)27-16-7-12(2-4-24-16)19(21,22)23)15-3-5-30(10-14(15)20)13-6-11-8-26-28-17(11)25-9-13/h2,4,6-9,14-15H,3,5,10H2,1H3,(H,24,27,31)(H,25,26,28)/t14-,15+/m1/s1. The average molecular weight is 437 g/mol. The van der Waals surface area contributed by atoms with E-state index < -0.39 is 30.0 Å². The number of H-pyrrole nitrogens is 1. The predicted molar refractivity (Wildman–Crippen MR) is 105 cm³/mol. The van der Waals surface area contributed by atoms with Crippen LogP contribution in [0.2, 0.25) is 0 Å². The molecule has 2 atom stereocenters. The minimum absolute atomic E-state index is 0.0507. The van der Waals surface area contributed by atoms with Crippen LogP contribution in [0.5, 0.6) is 0 Å². The molecule has 2 amide bonds. The third-order valence-electron chi connectivity index (χ3n) is 5.29. The van der Waals surface area contributed by atoms with Gasteiger partial charge >= 0.3 is 12.2 Å². The molecule has 1 aliphatic rings. The normalized spacial score (nSPS) is 19.5. The predicted octanol–water partition coefficient (Wildman–Crippen LogP) is 3.45. The van der Waals surface area contributed by atoms with Crippen LogP contribution in [0.3, 0.4) is 0 Å². The number of nitrogens with zero attached hydrogens (tertiary/aromatic N) is 5. The zero-order chi connectivity index (χ0) is 22.2. The topological polar surface area (TPSA) is 90.0 Å². The first-order valence-corrected chi connectivity index (χ1v) is 9.47. The van der Waals surface area contributed by atoms with Crippen LogP contribution in [0.15, 0.2) is 36.8 Å². The van der Waals surface area contributed by atoms with Gasteiger partial charge in [-0.2, -0.15) is 18.3 Å². The maximum absolute atomic E-state index is 14.9. The number of carbonyl (C=O) groups is 1. The quantitative estimate of drug-likeness (QED) is 0.613. The van der Waals surface area contributed by atoms with Gasteiger partial charge in [0.2, 0.25) is 0 Å². The molecular weight excluding hydrogens is 418 g/mol. The molecule has 31 heavy (non-hydrogen) atoms. The number of fused-ring (bicyclic) bond motifs is 1. The number of anilines is 2. The van der Waals surface area contributed by atoms with E-state index in [0.717, 1.165) is 29.4 Å². The number of aromatic amines is 1. The van der Waals surface area contributed by atoms with Crippen molar-refractivity contribution in [3.05, 3.63) is 42.4 Å². The van der Waals surface area contributed by atoms with Crippen molar-refractivity contribution in [3.8, 4) is 0 Å². The highest BCUT2D eigenvalue weighted by Crippen LogP contribution is 2.30. The van der Waals surface area contributed by atoms with Crippen molar-refractivity contribution in [2.75, 3.05) is 30.4 Å². The second kappa shape index (κ2) is 8.00. The molecule has 4 heterocycles. The Kier molecular flexibility index (Phi) is 5.38. The number of aromatic nitrogens is 4. The molecule has 0 saturated carbocycles. The Hall–Kier alpha value is -3.44. The molecule has 1 aliphatic heterocycles. The van der Waals surface area contributed by atoms with Gasteiger partial charge in [-0.15, -0.1) is 0 Å². The first-order valence-electron chi connectivity index (χ1n) is 9.47. The number of urea groups is 1. The molecule has 8 nitrogen and oxygen atoms in total. The largest absolute Gasteiger partial charge is 0.416 e. The molecule has 164 valence electrons. The number of hydrogen-bond donors (Lipinski definition) is 2. The molecule has 12 heteroatoms. The van der Waals surface area contributed by atoms with E-state index in [1.165, 1.54) is 11.9 Å². The fourth-order valence-electron chi connectivity index (χ4n) is 3.58. The lowest BCUT2D eigenvalue weighted by molar-refractivity contribution is -0.137. The number of piperidine rings is 1. The molecule has 2 N–H and O–H groups in total. The fourth-order valence-corrected chi connectivity index (χ4v) is 3.58. The molecule has 0 radical (unpaired) electrons. The van der Waals surface area contributed by atoms with Gasteiger partial charge in [0.15, 0.2) is 5.65 Å². The molecule has 0 aliphatic carbocycles. The van der Waals surface area contributed by atoms with E-state index in [-0.39, 0.29) is 12.4 Å². The molecule has 0 spiro atoms. The van der Waals surface area contributed by atoms with Gasteiger partial charge in [0, 0.05) is 25.2 Å². The maximum Gasteiger partial charge on any atom is 0.416 e. The van der Waals surface area contributed by atoms with Crippen LogP contribution >= 0.6 is 0 Å². The first kappa shape index (κ1) is 20.8. The Bertz CT molecular complexity index is 1090. The van der Waals surface area contributed by atoms with Crippen LogP contribution < -0.4 is 10.2 Å². The van der Waals surface area contributed by atoms with E-state index in [9.17, 15) is 22.4 Å². The Morgan fingerprint density at radius 1 is 1.29 bits per heavy atom. The van der Waals surface area contributed by atoms with Crippen LogP contribution in [0, 0.1) is 0 Å². The van der Waals surface area contributed by atoms with Gasteiger partial charge in [0.1, 0.15) is 12.0 Å². The summed E-state index contributed by atoms with van der Waals surface area (Å²) in [7, 11) is 1.41. The maximum atomic E-state index is 14.9. The van der Waals surface area contributed by atoms with Crippen molar-refractivity contribution in [2.24, 2.45) is 0 Å². The van der Waals surface area contributed by atoms with Crippen LogP contribution in [0.4, 0.5) is 33.9 Å². The lowest BCUT2D eigenvalue weighted by atomic mass is 10.0. The van der Waals surface area contributed by atoms with Crippen LogP contribution in [0.25, 0.3) is 11.0 Å². The summed E-state index contributed by atoms with van der Waals surface area (Å²) in [5.74, 6) is -0.251. The number of pyridine rings is 2. The van der Waals surface area contributed by atoms with Gasteiger partial charge in [0.05, 0.1) is 36.2 Å². The number of hydrogen-bond acceptors (Lipinski definition) is 5. The Labute approximate surface area is 174 Å². The number of rotatable bonds is 3. The van der Waals surface area contributed by atoms with Gasteiger partial charge in [-0.05, 0) is 24.6 Å². The Morgan fingerprint density at radius 3 is 2.84 bits per heavy atom. The van der Waals surface area contributed by atoms with Crippen LogP contribution in [-0.2, 0) is 6.18 Å². The lowest BCUT2D eigenvalue weighted by Crippen LogP contribution is -2.54. The number of halogens is 4. The van der Waals surface area contributed by atoms with E-state index in [0.29, 0.717) is 18.6 Å². The summed E-state index contributed by atoms with van der Waals surface area (Å²) in [6.45, 7) is 0.532. The van der Waals surface area contributed by atoms with Crippen molar-refractivity contribution < 1.29 is 22.4 Å². The fraction of sp³-hybridized carbons (Fsp3) is 0.368. The first-order chi connectivity index (χ1) is 14.7. The summed E-state index contributed by atoms with van der Waals surface area (Å²) in [6, 6.07) is 1.94. The highest BCUT2D eigenvalue weighted by atomic mass is 19.4. The van der Waals surface area contributed by atoms with E-state index >= 15 is 0 Å². The van der Waals surface area contributed by atoms with Crippen LogP contribution in [0.1, 0.15) is 12.0 Å². The molecule has 0 unspecified atom stereocenters. The van der Waals surface area contributed by atoms with Gasteiger partial charge in [-0.1, -0.05) is 0 Å². The summed E-state index contributed by atoms with van der Waals surface area (Å²) >= 11 is 0. The van der Waals surface area contributed by atoms with Crippen molar-refractivity contribution in [1.29, 1.82) is 0 Å². The summed E-state index contributed by atoms with van der Waals surface area (Å²) in [5.41, 5.74) is 0.450. The van der Waals surface area contributed by atoms with Crippen molar-refractivity contribution in [2.45, 2.75) is 24.8 Å². The second-order valence-electron chi connectivity index (χ2n) is 7.29. The summed E-state index contributed by atoms with van der Waals surface area (Å²) in [6.07, 6.45) is -1.36. The molecule has 1 saturated heterocycles. The monoisotopic (exact) mass is 437 g/mol. The van der Waals surface area contributed by atoms with Gasteiger partial charge in [0.25, 0.3) is 0 Å². The summed E-state index contributed by atoms with van der Waals surface area (Å²) in [4.78, 5) is 23.5. The SMILES string of the molecule is CN(C(=O)Nc1cc(C(F)(F)F)ccn1)[C@H]1CCN(c2cnc3[nH]ncc3c2)C[C@H]1F. The van der Waals surface area contributed by atoms with Crippen LogP contribution in [-0.4, -0.2) is 63.4 Å². The summed E-state index contributed by atoms with van der Waals surface area (Å²) in [5, 5.41) is 9.78. The number of nitrogens with one attached hydrogen (secondary N) is 2. The minimum Gasteiger partial charge on any atom is -0.367 e. The van der Waals surface area contributed by atoms with E-state index in [1.807, 2.05) is 11.0 Å². The zero-order valence-corrected chi connectivity index (χ0v) is 16.4. The third kappa shape index (κ3) is 4.37. The van der Waals surface area contributed by atoms with Crippen molar-refractivity contribution in [3.63, 3.8) is 0 Å². The molecule has 4 rings (SSSR count). The Morgan fingerprint density at radius 2 is 2.10 bits per heavy atom. The highest BCUT2D eigenvalue weighted by molar-refractivity contribution is 5.88. The van der Waals surface area contributed by atoms with E-state index in [4.69, 9.17) is 0 Å². The molecule has 3 aromatic heterocycles. The molecule has 1 fully saturated rings. The third-order valence-corrected chi connectivity index (χ3v) is 5.29. The minimum atomic E-state index is -4.56. The smallest absolute Gasteiger partial charge is 0.367 e. The number of alkyl halides is 4. The Balaban J connectivity index is 1.40. The van der Waals surface area contributed by atoms with E-state index in [1.54, 1.807) is 12.4 Å². The number of carbonyl (C=O) groups excluding carboxylic acids is 1. The highest BCUT2D eigenvalue weighted by Gasteiger charge is 2.35. The molecular formula is C19H19F4N7O. The lowest BCUT2D eigenvalue weighted by Gasteiger charge is -2.39. The summed E-state index contributed by atoms with van der Waals surface area (Å²) < 4.78 is 53.4. The van der Waals surface area contributed by atoms with Gasteiger partial charge in [-0.3, -0.25) is 10.4 Å². The van der Waals surface area contributed by atoms with Crippen molar-refractivity contribution >= 4 is 28.6 Å². The zero-order valence-electron chi connectivity index (χ0n) is 16.4. The van der Waals surface area contributed by atoms with E-state index in [2.05, 4.69) is 25.5 Å². The van der Waals surface area contributed by atoms with Crippen molar-refractivity contribution in [1.82, 2.24) is 25.1 Å². The number of amides is 2. The van der Waals surface area contributed by atoms with Gasteiger partial charge < -0.3 is 9.80 Å². The average Bonchev–Trinajstić information content (AvgIpc) is 3.20. The van der Waals surface area contributed by atoms with Gasteiger partial charge in [-0.25, -0.2) is 19.2 Å². The second-order valence-corrected chi connectivity index (χ2v) is 7.29. The molecule has 0 aromatic carbocycles. The molecule has 0 bridgehead atoms. The molecule has 3 aromatic rings.